The van der Waals surface area contributed by atoms with E-state index in [4.69, 9.17) is 16.7 Å². The number of aliphatic hydroxyl groups excluding tert-OH is 1. The van der Waals surface area contributed by atoms with Gasteiger partial charge in [0.05, 0.1) is 18.0 Å². The second kappa shape index (κ2) is 5.67. The molecule has 0 aliphatic rings. The number of hydrogen-bond donors (Lipinski definition) is 1. The molecule has 0 amide bonds. The largest absolute Gasteiger partial charge is 0.391 e. The van der Waals surface area contributed by atoms with Gasteiger partial charge in [-0.2, -0.15) is 0 Å². The summed E-state index contributed by atoms with van der Waals surface area (Å²) < 4.78 is 1.10. The smallest absolute Gasteiger partial charge is 0.187 e. The molecule has 2 aromatic rings. The number of thiophene rings is 1. The van der Waals surface area contributed by atoms with Gasteiger partial charge in [-0.05, 0) is 22.0 Å². The van der Waals surface area contributed by atoms with E-state index >= 15 is 0 Å². The molecule has 2 rings (SSSR count). The van der Waals surface area contributed by atoms with Crippen LogP contribution in [0.25, 0.3) is 0 Å². The van der Waals surface area contributed by atoms with Crippen LogP contribution < -0.4 is 4.90 Å². The van der Waals surface area contributed by atoms with E-state index in [1.807, 2.05) is 11.9 Å². The molecule has 0 spiro atoms. The first kappa shape index (κ1) is 13.3. The molecular formula is C10H10BrClN2OS2. The van der Waals surface area contributed by atoms with E-state index in [0.717, 1.165) is 16.1 Å². The van der Waals surface area contributed by atoms with E-state index in [2.05, 4.69) is 32.4 Å². The molecule has 0 saturated heterocycles. The average Bonchev–Trinajstić information content (AvgIpc) is 2.85. The first-order chi connectivity index (χ1) is 8.10. The third-order valence-electron chi connectivity index (χ3n) is 2.12. The van der Waals surface area contributed by atoms with Crippen molar-refractivity contribution in [2.24, 2.45) is 0 Å². The predicted octanol–water partition coefficient (Wildman–Crippen LogP) is 3.75. The van der Waals surface area contributed by atoms with Gasteiger partial charge in [-0.1, -0.05) is 22.9 Å². The van der Waals surface area contributed by atoms with Crippen LogP contribution in [0.2, 0.25) is 5.15 Å². The molecule has 0 aromatic carbocycles. The van der Waals surface area contributed by atoms with Crippen LogP contribution in [-0.4, -0.2) is 17.1 Å². The van der Waals surface area contributed by atoms with Crippen molar-refractivity contribution in [1.82, 2.24) is 4.98 Å². The van der Waals surface area contributed by atoms with Crippen molar-refractivity contribution in [2.75, 3.05) is 11.9 Å². The number of hydrogen-bond acceptors (Lipinski definition) is 5. The van der Waals surface area contributed by atoms with E-state index in [9.17, 15) is 0 Å². The molecule has 0 fully saturated rings. The van der Waals surface area contributed by atoms with Crippen molar-refractivity contribution < 1.29 is 5.11 Å². The van der Waals surface area contributed by atoms with E-state index in [0.29, 0.717) is 10.0 Å². The molecule has 0 aliphatic carbocycles. The van der Waals surface area contributed by atoms with Gasteiger partial charge in [0.15, 0.2) is 5.13 Å². The molecule has 2 heterocycles. The summed E-state index contributed by atoms with van der Waals surface area (Å²) in [5, 5.41) is 12.3. The van der Waals surface area contributed by atoms with Gasteiger partial charge >= 0.3 is 0 Å². The Kier molecular flexibility index (Phi) is 4.43. The van der Waals surface area contributed by atoms with Gasteiger partial charge < -0.3 is 10.0 Å². The molecule has 0 bridgehead atoms. The zero-order valence-electron chi connectivity index (χ0n) is 8.98. The number of aliphatic hydroxyl groups is 1. The second-order valence-electron chi connectivity index (χ2n) is 3.46. The zero-order valence-corrected chi connectivity index (χ0v) is 13.0. The highest BCUT2D eigenvalue weighted by Crippen LogP contribution is 2.30. The molecule has 92 valence electrons. The average molecular weight is 354 g/mol. The molecular weight excluding hydrogens is 344 g/mol. The van der Waals surface area contributed by atoms with E-state index in [1.165, 1.54) is 16.2 Å². The number of anilines is 1. The Bertz CT molecular complexity index is 514. The van der Waals surface area contributed by atoms with Crippen molar-refractivity contribution in [3.8, 4) is 0 Å². The van der Waals surface area contributed by atoms with Gasteiger partial charge in [0.2, 0.25) is 0 Å². The van der Waals surface area contributed by atoms with Gasteiger partial charge in [-0.25, -0.2) is 4.98 Å². The van der Waals surface area contributed by atoms with Gasteiger partial charge in [-0.3, -0.25) is 0 Å². The molecule has 0 unspecified atom stereocenters. The Morgan fingerprint density at radius 3 is 2.88 bits per heavy atom. The lowest BCUT2D eigenvalue weighted by Crippen LogP contribution is -2.15. The maximum Gasteiger partial charge on any atom is 0.187 e. The standard InChI is InChI=1S/C10H10BrClN2OS2/c1-14(3-7-2-6(11)5-16-7)10-13-9(12)8(4-15)17-10/h2,5,15H,3-4H2,1H3. The lowest BCUT2D eigenvalue weighted by Gasteiger charge is -2.13. The molecule has 0 radical (unpaired) electrons. The Hall–Kier alpha value is -0.140. The van der Waals surface area contributed by atoms with Crippen molar-refractivity contribution in [3.63, 3.8) is 0 Å². The SMILES string of the molecule is CN(Cc1cc(Br)cs1)c1nc(Cl)c(CO)s1. The van der Waals surface area contributed by atoms with Crippen LogP contribution in [-0.2, 0) is 13.2 Å². The summed E-state index contributed by atoms with van der Waals surface area (Å²) in [5.74, 6) is 0. The van der Waals surface area contributed by atoms with Gasteiger partial charge in [0.1, 0.15) is 5.15 Å². The maximum atomic E-state index is 9.07. The predicted molar refractivity (Wildman–Crippen MR) is 77.2 cm³/mol. The van der Waals surface area contributed by atoms with Crippen LogP contribution in [0.15, 0.2) is 15.9 Å². The van der Waals surface area contributed by atoms with E-state index in [-0.39, 0.29) is 6.61 Å². The number of rotatable bonds is 4. The summed E-state index contributed by atoms with van der Waals surface area (Å²) in [6.45, 7) is 0.722. The molecule has 0 atom stereocenters. The summed E-state index contributed by atoms with van der Waals surface area (Å²) in [4.78, 5) is 8.20. The molecule has 1 N–H and O–H groups in total. The Morgan fingerprint density at radius 2 is 2.35 bits per heavy atom. The lowest BCUT2D eigenvalue weighted by molar-refractivity contribution is 0.285. The van der Waals surface area contributed by atoms with Gasteiger partial charge in [-0.15, -0.1) is 11.3 Å². The first-order valence-electron chi connectivity index (χ1n) is 4.80. The molecule has 17 heavy (non-hydrogen) atoms. The minimum absolute atomic E-state index is 0.0606. The Balaban J connectivity index is 2.11. The van der Waals surface area contributed by atoms with Crippen LogP contribution in [0.4, 0.5) is 5.13 Å². The minimum atomic E-state index is -0.0606. The summed E-state index contributed by atoms with van der Waals surface area (Å²) in [7, 11) is 1.96. The highest BCUT2D eigenvalue weighted by Gasteiger charge is 2.12. The third kappa shape index (κ3) is 3.20. The van der Waals surface area contributed by atoms with Crippen molar-refractivity contribution in [2.45, 2.75) is 13.2 Å². The molecule has 3 nitrogen and oxygen atoms in total. The van der Waals surface area contributed by atoms with Gasteiger partial charge in [0.25, 0.3) is 0 Å². The van der Waals surface area contributed by atoms with Crippen LogP contribution in [0.3, 0.4) is 0 Å². The highest BCUT2D eigenvalue weighted by atomic mass is 79.9. The maximum absolute atomic E-state index is 9.07. The summed E-state index contributed by atoms with van der Waals surface area (Å²) in [6, 6.07) is 2.09. The van der Waals surface area contributed by atoms with Crippen LogP contribution in [0, 0.1) is 0 Å². The monoisotopic (exact) mass is 352 g/mol. The fraction of sp³-hybridized carbons (Fsp3) is 0.300. The molecule has 0 saturated carbocycles. The number of thiazole rings is 1. The molecule has 7 heteroatoms. The zero-order chi connectivity index (χ0) is 12.4. The van der Waals surface area contributed by atoms with Crippen LogP contribution in [0.1, 0.15) is 9.75 Å². The van der Waals surface area contributed by atoms with E-state index < -0.39 is 0 Å². The number of nitrogens with zero attached hydrogens (tertiary/aromatic N) is 2. The minimum Gasteiger partial charge on any atom is -0.391 e. The fourth-order valence-electron chi connectivity index (χ4n) is 1.32. The normalized spacial score (nSPS) is 10.8. The third-order valence-corrected chi connectivity index (χ3v) is 5.38. The number of aromatic nitrogens is 1. The van der Waals surface area contributed by atoms with Crippen molar-refractivity contribution >= 4 is 55.3 Å². The highest BCUT2D eigenvalue weighted by molar-refractivity contribution is 9.10. The second-order valence-corrected chi connectivity index (χ2v) is 6.79. The van der Waals surface area contributed by atoms with E-state index in [1.54, 1.807) is 11.3 Å². The summed E-state index contributed by atoms with van der Waals surface area (Å²) >= 11 is 12.4. The number of halogens is 2. The van der Waals surface area contributed by atoms with Crippen LogP contribution >= 0.6 is 50.2 Å². The summed E-state index contributed by atoms with van der Waals surface area (Å²) in [5.41, 5.74) is 0. The lowest BCUT2D eigenvalue weighted by atomic mass is 10.4. The van der Waals surface area contributed by atoms with Crippen LogP contribution in [0.5, 0.6) is 0 Å². The van der Waals surface area contributed by atoms with Crippen molar-refractivity contribution in [1.29, 1.82) is 0 Å². The topological polar surface area (TPSA) is 36.4 Å². The van der Waals surface area contributed by atoms with Gasteiger partial charge in [0, 0.05) is 21.8 Å². The first-order valence-corrected chi connectivity index (χ1v) is 7.67. The van der Waals surface area contributed by atoms with Crippen molar-refractivity contribution in [3.05, 3.63) is 30.8 Å². The molecule has 0 aliphatic heterocycles. The Morgan fingerprint density at radius 1 is 1.59 bits per heavy atom. The fourth-order valence-corrected chi connectivity index (χ4v) is 3.90. The Labute approximate surface area is 121 Å². The quantitative estimate of drug-likeness (QED) is 0.909. The molecule has 2 aromatic heterocycles. The summed E-state index contributed by atoms with van der Waals surface area (Å²) in [6.07, 6.45) is 0.